The summed E-state index contributed by atoms with van der Waals surface area (Å²) in [5, 5.41) is 2.59. The van der Waals surface area contributed by atoms with Gasteiger partial charge in [0.1, 0.15) is 18.2 Å². The molecule has 0 spiro atoms. The van der Waals surface area contributed by atoms with Gasteiger partial charge in [0.15, 0.2) is 0 Å². The van der Waals surface area contributed by atoms with Crippen LogP contribution in [0.4, 0.5) is 5.82 Å². The highest BCUT2D eigenvalue weighted by Crippen LogP contribution is 2.46. The van der Waals surface area contributed by atoms with Gasteiger partial charge in [-0.1, -0.05) is 17.7 Å². The maximum atomic E-state index is 13.2. The lowest BCUT2D eigenvalue weighted by Crippen LogP contribution is -2.58. The summed E-state index contributed by atoms with van der Waals surface area (Å²) in [6.07, 6.45) is 1.41. The lowest BCUT2D eigenvalue weighted by atomic mass is 10.1. The van der Waals surface area contributed by atoms with Crippen LogP contribution in [-0.2, 0) is 27.4 Å². The van der Waals surface area contributed by atoms with Gasteiger partial charge in [0, 0.05) is 35.4 Å². The zero-order chi connectivity index (χ0) is 23.6. The van der Waals surface area contributed by atoms with Crippen LogP contribution in [0.2, 0.25) is 5.02 Å². The third-order valence-electron chi connectivity index (χ3n) is 6.59. The Morgan fingerprint density at radius 3 is 2.85 bits per heavy atom. The Kier molecular flexibility index (Phi) is 4.72. The molecule has 3 aromatic rings. The molecule has 1 aromatic heterocycles. The number of piperazine rings is 1. The highest BCUT2D eigenvalue weighted by atomic mass is 35.5. The first-order chi connectivity index (χ1) is 16.4. The van der Waals surface area contributed by atoms with Crippen LogP contribution in [0.15, 0.2) is 42.7 Å². The Morgan fingerprint density at radius 2 is 2.03 bits per heavy atom. The van der Waals surface area contributed by atoms with E-state index in [4.69, 9.17) is 22.1 Å². The van der Waals surface area contributed by atoms with Crippen LogP contribution in [0.3, 0.4) is 0 Å². The summed E-state index contributed by atoms with van der Waals surface area (Å²) in [5.74, 6) is -0.159. The number of fused-ring (bicyclic) bond motifs is 5. The fraction of sp³-hybridized carbons (Fsp3) is 0.250. The van der Waals surface area contributed by atoms with Gasteiger partial charge in [-0.15, -0.1) is 0 Å². The molecule has 9 nitrogen and oxygen atoms in total. The molecule has 0 saturated carbocycles. The highest BCUT2D eigenvalue weighted by Gasteiger charge is 2.40. The Labute approximate surface area is 199 Å². The number of nitrogen functional groups attached to an aromatic ring is 1. The number of nitrogens with two attached hydrogens (primary N) is 1. The molecule has 1 unspecified atom stereocenters. The van der Waals surface area contributed by atoms with Gasteiger partial charge in [0.2, 0.25) is 5.91 Å². The van der Waals surface area contributed by atoms with Crippen molar-refractivity contribution >= 4 is 51.1 Å². The summed E-state index contributed by atoms with van der Waals surface area (Å²) in [5.41, 5.74) is 10.9. The van der Waals surface area contributed by atoms with Gasteiger partial charge in [-0.3, -0.25) is 9.69 Å². The predicted octanol–water partition coefficient (Wildman–Crippen LogP) is 2.51. The molecule has 2 aromatic carbocycles. The van der Waals surface area contributed by atoms with E-state index >= 15 is 0 Å². The number of amides is 1. The summed E-state index contributed by atoms with van der Waals surface area (Å²) in [6, 6.07) is 10.7. The van der Waals surface area contributed by atoms with E-state index in [1.54, 1.807) is 4.90 Å². The third-order valence-corrected chi connectivity index (χ3v) is 6.82. The molecule has 2 N–H and O–H groups in total. The molecule has 34 heavy (non-hydrogen) atoms. The molecule has 6 rings (SSSR count). The van der Waals surface area contributed by atoms with Crippen molar-refractivity contribution in [3.8, 4) is 5.69 Å². The van der Waals surface area contributed by atoms with E-state index in [0.29, 0.717) is 29.4 Å². The molecule has 3 aliphatic rings. The van der Waals surface area contributed by atoms with E-state index in [1.165, 1.54) is 19.1 Å². The molecule has 3 aliphatic heterocycles. The van der Waals surface area contributed by atoms with Crippen molar-refractivity contribution in [3.05, 3.63) is 59.0 Å². The first-order valence-corrected chi connectivity index (χ1v) is 11.2. The minimum atomic E-state index is -0.703. The Balaban J connectivity index is 1.23. The highest BCUT2D eigenvalue weighted by molar-refractivity contribution is 6.31. The van der Waals surface area contributed by atoms with Gasteiger partial charge in [-0.2, -0.15) is 0 Å². The molecule has 1 fully saturated rings. The molecule has 4 heterocycles. The Morgan fingerprint density at radius 1 is 1.18 bits per heavy atom. The van der Waals surface area contributed by atoms with Crippen LogP contribution < -0.4 is 5.73 Å². The molecular formula is C24H21ClN6O3. The van der Waals surface area contributed by atoms with Gasteiger partial charge in [-0.05, 0) is 35.9 Å². The summed E-state index contributed by atoms with van der Waals surface area (Å²) in [7, 11) is 1.34. The van der Waals surface area contributed by atoms with E-state index in [9.17, 15) is 9.59 Å². The van der Waals surface area contributed by atoms with E-state index in [1.807, 2.05) is 41.3 Å². The fourth-order valence-corrected chi connectivity index (χ4v) is 5.05. The molecule has 0 radical (unpaired) electrons. The van der Waals surface area contributed by atoms with Crippen molar-refractivity contribution in [3.63, 3.8) is 0 Å². The number of ether oxygens (including phenoxy) is 1. The van der Waals surface area contributed by atoms with Gasteiger partial charge in [-0.25, -0.2) is 14.8 Å². The van der Waals surface area contributed by atoms with Crippen molar-refractivity contribution in [2.45, 2.75) is 19.1 Å². The second-order valence-electron chi connectivity index (χ2n) is 8.63. The molecule has 1 saturated heterocycles. The number of nitrogens with zero attached hydrogens (tertiary/aromatic N) is 5. The van der Waals surface area contributed by atoms with Crippen molar-refractivity contribution in [2.75, 3.05) is 25.9 Å². The number of rotatable bonds is 5. The number of halogens is 1. The minimum absolute atomic E-state index is 0.127. The van der Waals surface area contributed by atoms with E-state index < -0.39 is 12.0 Å². The lowest BCUT2D eigenvalue weighted by molar-refractivity contribution is -0.159. The maximum absolute atomic E-state index is 13.2. The van der Waals surface area contributed by atoms with E-state index in [-0.39, 0.29) is 19.0 Å². The molecule has 10 heteroatoms. The SMILES string of the molecule is COC(=O)C1CN(Cc2c3c4cc(Cl)ccc4n2-3)CC(=O)N1Cc1ccc2c(N)ncnc2c1. The van der Waals surface area contributed by atoms with Crippen molar-refractivity contribution in [1.29, 1.82) is 0 Å². The van der Waals surface area contributed by atoms with Gasteiger partial charge < -0.3 is 19.9 Å². The molecular weight excluding hydrogens is 456 g/mol. The largest absolute Gasteiger partial charge is 0.467 e. The number of esters is 1. The van der Waals surface area contributed by atoms with Crippen molar-refractivity contribution in [2.24, 2.45) is 0 Å². The average Bonchev–Trinajstić information content (AvgIpc) is 3.45. The summed E-state index contributed by atoms with van der Waals surface area (Å²) in [6.45, 7) is 1.47. The topological polar surface area (TPSA) is 107 Å². The standard InChI is InChI=1S/C24H21ClN6O3/c1-34-24(33)20-10-29(9-19-22-16-7-14(25)3-5-18(16)31(19)22)11-21(32)30(20)8-13-2-4-15-17(6-13)27-12-28-23(15)26/h2-7,12,20H,8-11H2,1H3,(H2,26,27,28). The average molecular weight is 477 g/mol. The number of methoxy groups -OCH3 is 1. The second kappa shape index (κ2) is 7.68. The first-order valence-electron chi connectivity index (χ1n) is 10.9. The van der Waals surface area contributed by atoms with Crippen LogP contribution in [0.25, 0.3) is 27.5 Å². The van der Waals surface area contributed by atoms with E-state index in [0.717, 1.165) is 27.5 Å². The molecule has 1 atom stereocenters. The lowest BCUT2D eigenvalue weighted by Gasteiger charge is -2.39. The molecule has 0 bridgehead atoms. The Hall–Kier alpha value is -3.69. The van der Waals surface area contributed by atoms with Crippen LogP contribution in [0, 0.1) is 0 Å². The number of carbonyl (C=O) groups is 2. The van der Waals surface area contributed by atoms with Gasteiger partial charge in [0.05, 0.1) is 36.1 Å². The maximum Gasteiger partial charge on any atom is 0.329 e. The summed E-state index contributed by atoms with van der Waals surface area (Å²) < 4.78 is 7.21. The van der Waals surface area contributed by atoms with Crippen LogP contribution >= 0.6 is 11.6 Å². The van der Waals surface area contributed by atoms with Gasteiger partial charge >= 0.3 is 5.97 Å². The minimum Gasteiger partial charge on any atom is -0.467 e. The zero-order valence-electron chi connectivity index (χ0n) is 18.4. The number of anilines is 1. The predicted molar refractivity (Wildman–Crippen MR) is 127 cm³/mol. The first kappa shape index (κ1) is 20.9. The smallest absolute Gasteiger partial charge is 0.329 e. The number of carbonyl (C=O) groups excluding carboxylic acids is 2. The molecule has 172 valence electrons. The number of hydrogen-bond donors (Lipinski definition) is 1. The Bertz CT molecular complexity index is 1500. The number of aromatic nitrogens is 3. The van der Waals surface area contributed by atoms with Crippen molar-refractivity contribution < 1.29 is 14.3 Å². The molecule has 0 aliphatic carbocycles. The summed E-state index contributed by atoms with van der Waals surface area (Å²) in [4.78, 5) is 37.7. The van der Waals surface area contributed by atoms with Gasteiger partial charge in [0.25, 0.3) is 0 Å². The number of hydrogen-bond acceptors (Lipinski definition) is 7. The van der Waals surface area contributed by atoms with Crippen LogP contribution in [-0.4, -0.2) is 62.5 Å². The monoisotopic (exact) mass is 476 g/mol. The fourth-order valence-electron chi connectivity index (χ4n) is 4.88. The van der Waals surface area contributed by atoms with E-state index in [2.05, 4.69) is 14.5 Å². The van der Waals surface area contributed by atoms with Crippen LogP contribution in [0.1, 0.15) is 11.3 Å². The second-order valence-corrected chi connectivity index (χ2v) is 9.07. The summed E-state index contributed by atoms with van der Waals surface area (Å²) >= 11 is 6.12. The number of benzene rings is 2. The third kappa shape index (κ3) is 3.27. The van der Waals surface area contributed by atoms with Crippen molar-refractivity contribution in [1.82, 2.24) is 24.3 Å². The van der Waals surface area contributed by atoms with Crippen LogP contribution in [0.5, 0.6) is 0 Å². The zero-order valence-corrected chi connectivity index (χ0v) is 19.1. The quantitative estimate of drug-likeness (QED) is 0.388. The molecule has 1 amide bonds. The normalized spacial score (nSPS) is 17.5.